The van der Waals surface area contributed by atoms with Gasteiger partial charge in [0.1, 0.15) is 0 Å². The highest BCUT2D eigenvalue weighted by Gasteiger charge is 2.04. The lowest BCUT2D eigenvalue weighted by Crippen LogP contribution is -2.39. The van der Waals surface area contributed by atoms with Gasteiger partial charge in [-0.05, 0) is 27.2 Å². The summed E-state index contributed by atoms with van der Waals surface area (Å²) in [6.45, 7) is 9.36. The van der Waals surface area contributed by atoms with Crippen LogP contribution in [-0.2, 0) is 14.8 Å². The Hall–Kier alpha value is -0.860. The first-order valence-electron chi connectivity index (χ1n) is 7.13. The van der Waals surface area contributed by atoms with E-state index in [9.17, 15) is 8.42 Å². The van der Waals surface area contributed by atoms with Crippen LogP contribution in [0.25, 0.3) is 0 Å². The molecule has 0 aromatic heterocycles. The van der Waals surface area contributed by atoms with Crippen LogP contribution >= 0.6 is 0 Å². The summed E-state index contributed by atoms with van der Waals surface area (Å²) < 4.78 is 30.2. The molecule has 0 rings (SSSR count). The van der Waals surface area contributed by atoms with E-state index in [0.29, 0.717) is 39.3 Å². The summed E-state index contributed by atoms with van der Waals surface area (Å²) in [6.07, 6.45) is 0.668. The second-order valence-corrected chi connectivity index (χ2v) is 6.13. The maximum absolute atomic E-state index is 11.2. The van der Waals surface area contributed by atoms with Gasteiger partial charge in [-0.2, -0.15) is 0 Å². The minimum absolute atomic E-state index is 0.109. The van der Waals surface area contributed by atoms with Crippen molar-refractivity contribution in [3.05, 3.63) is 0 Å². The third-order valence-corrected chi connectivity index (χ3v) is 3.80. The van der Waals surface area contributed by atoms with E-state index in [1.54, 1.807) is 6.92 Å². The van der Waals surface area contributed by atoms with E-state index in [-0.39, 0.29) is 5.75 Å². The lowest BCUT2D eigenvalue weighted by Gasteiger charge is -2.11. The lowest BCUT2D eigenvalue weighted by atomic mass is 10.4. The highest BCUT2D eigenvalue weighted by Crippen LogP contribution is 1.85. The van der Waals surface area contributed by atoms with Gasteiger partial charge in [-0.1, -0.05) is 0 Å². The number of nitrogens with one attached hydrogen (secondary N) is 3. The Bertz CT molecular complexity index is 358. The van der Waals surface area contributed by atoms with Crippen LogP contribution in [0.2, 0.25) is 0 Å². The SMILES string of the molecule is CCNC(=NCCCNS(=O)(=O)CC)NCCOCC. The van der Waals surface area contributed by atoms with Gasteiger partial charge in [-0.25, -0.2) is 13.1 Å². The molecule has 0 bridgehead atoms. The van der Waals surface area contributed by atoms with Gasteiger partial charge >= 0.3 is 0 Å². The summed E-state index contributed by atoms with van der Waals surface area (Å²) in [5, 5.41) is 6.27. The molecule has 3 N–H and O–H groups in total. The van der Waals surface area contributed by atoms with Crippen molar-refractivity contribution >= 4 is 16.0 Å². The molecule has 20 heavy (non-hydrogen) atoms. The second-order valence-electron chi connectivity index (χ2n) is 4.04. The quantitative estimate of drug-likeness (QED) is 0.282. The number of guanidine groups is 1. The number of hydrogen-bond acceptors (Lipinski definition) is 4. The van der Waals surface area contributed by atoms with Gasteiger partial charge < -0.3 is 15.4 Å². The zero-order valence-corrected chi connectivity index (χ0v) is 13.6. The molecule has 0 spiro atoms. The van der Waals surface area contributed by atoms with E-state index in [4.69, 9.17) is 4.74 Å². The van der Waals surface area contributed by atoms with Gasteiger partial charge in [-0.15, -0.1) is 0 Å². The fourth-order valence-corrected chi connectivity index (χ4v) is 1.99. The summed E-state index contributed by atoms with van der Waals surface area (Å²) in [7, 11) is -3.10. The number of rotatable bonds is 11. The Morgan fingerprint density at radius 1 is 1.15 bits per heavy atom. The highest BCUT2D eigenvalue weighted by molar-refractivity contribution is 7.89. The molecule has 0 atom stereocenters. The lowest BCUT2D eigenvalue weighted by molar-refractivity contribution is 0.152. The maximum atomic E-state index is 11.2. The third kappa shape index (κ3) is 11.0. The minimum atomic E-state index is -3.10. The Morgan fingerprint density at radius 3 is 2.50 bits per heavy atom. The van der Waals surface area contributed by atoms with Crippen LogP contribution in [0.15, 0.2) is 4.99 Å². The van der Waals surface area contributed by atoms with Gasteiger partial charge in [0.25, 0.3) is 0 Å². The zero-order chi connectivity index (χ0) is 15.3. The van der Waals surface area contributed by atoms with Crippen molar-refractivity contribution in [2.75, 3.05) is 45.1 Å². The Kier molecular flexibility index (Phi) is 11.4. The molecular weight excluding hydrogens is 280 g/mol. The van der Waals surface area contributed by atoms with Crippen LogP contribution < -0.4 is 15.4 Å². The van der Waals surface area contributed by atoms with Crippen molar-refractivity contribution in [3.63, 3.8) is 0 Å². The fraction of sp³-hybridized carbons (Fsp3) is 0.917. The molecule has 0 aliphatic carbocycles. The smallest absolute Gasteiger partial charge is 0.211 e. The van der Waals surface area contributed by atoms with Crippen molar-refractivity contribution in [2.24, 2.45) is 4.99 Å². The van der Waals surface area contributed by atoms with Crippen LogP contribution in [0.3, 0.4) is 0 Å². The van der Waals surface area contributed by atoms with E-state index in [2.05, 4.69) is 20.3 Å². The van der Waals surface area contributed by atoms with E-state index >= 15 is 0 Å². The van der Waals surface area contributed by atoms with Crippen molar-refractivity contribution in [2.45, 2.75) is 27.2 Å². The molecule has 120 valence electrons. The fourth-order valence-electron chi connectivity index (χ4n) is 1.33. The summed E-state index contributed by atoms with van der Waals surface area (Å²) in [5.74, 6) is 0.836. The van der Waals surface area contributed by atoms with E-state index in [1.807, 2.05) is 13.8 Å². The molecule has 0 unspecified atom stereocenters. The number of ether oxygens (including phenoxy) is 1. The van der Waals surface area contributed by atoms with E-state index < -0.39 is 10.0 Å². The normalized spacial score (nSPS) is 12.4. The van der Waals surface area contributed by atoms with Gasteiger partial charge in [-0.3, -0.25) is 4.99 Å². The Balaban J connectivity index is 3.90. The average molecular weight is 308 g/mol. The molecule has 0 aromatic rings. The zero-order valence-electron chi connectivity index (χ0n) is 12.7. The monoisotopic (exact) mass is 308 g/mol. The second kappa shape index (κ2) is 11.9. The number of hydrogen-bond donors (Lipinski definition) is 3. The molecule has 0 aliphatic heterocycles. The van der Waals surface area contributed by atoms with Crippen LogP contribution in [-0.4, -0.2) is 59.5 Å². The Morgan fingerprint density at radius 2 is 1.90 bits per heavy atom. The summed E-state index contributed by atoms with van der Waals surface area (Å²) in [6, 6.07) is 0. The summed E-state index contributed by atoms with van der Waals surface area (Å²) >= 11 is 0. The number of nitrogens with zero attached hydrogens (tertiary/aromatic N) is 1. The first kappa shape index (κ1) is 19.1. The van der Waals surface area contributed by atoms with Gasteiger partial charge in [0.05, 0.1) is 12.4 Å². The molecule has 0 aliphatic rings. The largest absolute Gasteiger partial charge is 0.380 e. The minimum Gasteiger partial charge on any atom is -0.380 e. The predicted molar refractivity (Wildman–Crippen MR) is 82.6 cm³/mol. The van der Waals surface area contributed by atoms with Crippen molar-refractivity contribution in [1.82, 2.24) is 15.4 Å². The van der Waals surface area contributed by atoms with E-state index in [1.165, 1.54) is 0 Å². The summed E-state index contributed by atoms with van der Waals surface area (Å²) in [4.78, 5) is 4.36. The molecule has 0 fully saturated rings. The molecule has 0 aromatic carbocycles. The molecule has 0 radical (unpaired) electrons. The van der Waals surface area contributed by atoms with Crippen LogP contribution in [0.4, 0.5) is 0 Å². The van der Waals surface area contributed by atoms with Crippen LogP contribution in [0.1, 0.15) is 27.2 Å². The van der Waals surface area contributed by atoms with Crippen molar-refractivity contribution < 1.29 is 13.2 Å². The highest BCUT2D eigenvalue weighted by atomic mass is 32.2. The standard InChI is InChI=1S/C12H28N4O3S/c1-4-13-12(15-10-11-19-5-2)14-8-7-9-16-20(17,18)6-3/h16H,4-11H2,1-3H3,(H2,13,14,15). The molecule has 0 saturated carbocycles. The third-order valence-electron chi connectivity index (χ3n) is 2.39. The van der Waals surface area contributed by atoms with Crippen molar-refractivity contribution in [1.29, 1.82) is 0 Å². The average Bonchev–Trinajstić information content (AvgIpc) is 2.43. The van der Waals surface area contributed by atoms with Gasteiger partial charge in [0.15, 0.2) is 5.96 Å². The van der Waals surface area contributed by atoms with Crippen LogP contribution in [0, 0.1) is 0 Å². The van der Waals surface area contributed by atoms with Crippen LogP contribution in [0.5, 0.6) is 0 Å². The molecule has 7 nitrogen and oxygen atoms in total. The van der Waals surface area contributed by atoms with Gasteiger partial charge in [0, 0.05) is 32.8 Å². The molecule has 0 saturated heterocycles. The van der Waals surface area contributed by atoms with E-state index in [0.717, 1.165) is 12.5 Å². The first-order chi connectivity index (χ1) is 9.55. The van der Waals surface area contributed by atoms with Crippen molar-refractivity contribution in [3.8, 4) is 0 Å². The maximum Gasteiger partial charge on any atom is 0.211 e. The molecular formula is C12H28N4O3S. The van der Waals surface area contributed by atoms with Gasteiger partial charge in [0.2, 0.25) is 10.0 Å². The molecule has 0 heterocycles. The molecule has 8 heteroatoms. The summed E-state index contributed by atoms with van der Waals surface area (Å²) in [5.41, 5.74) is 0. The molecule has 0 amide bonds. The number of sulfonamides is 1. The first-order valence-corrected chi connectivity index (χ1v) is 8.78. The topological polar surface area (TPSA) is 91.8 Å². The number of aliphatic imine (C=N–C) groups is 1. The predicted octanol–water partition coefficient (Wildman–Crippen LogP) is -0.0926. The Labute approximate surface area is 122 Å².